The molecule has 0 heterocycles. The summed E-state index contributed by atoms with van der Waals surface area (Å²) in [4.78, 5) is 0. The van der Waals surface area contributed by atoms with Crippen LogP contribution in [0.1, 0.15) is 96.3 Å². The summed E-state index contributed by atoms with van der Waals surface area (Å²) < 4.78 is 0. The van der Waals surface area contributed by atoms with Gasteiger partial charge in [-0.05, 0) is 16.6 Å². The van der Waals surface area contributed by atoms with E-state index in [4.69, 9.17) is 12.1 Å². The molecular formula is C18H34SSi. The highest BCUT2D eigenvalue weighted by Crippen LogP contribution is 2.58. The Morgan fingerprint density at radius 2 is 0.700 bits per heavy atom. The van der Waals surface area contributed by atoms with Gasteiger partial charge in [0, 0.05) is 0 Å². The van der Waals surface area contributed by atoms with Gasteiger partial charge in [-0.15, -0.1) is 0 Å². The highest BCUT2D eigenvalue weighted by molar-refractivity contribution is 8.15. The van der Waals surface area contributed by atoms with Gasteiger partial charge in [0.2, 0.25) is 0 Å². The van der Waals surface area contributed by atoms with Crippen LogP contribution in [-0.4, -0.2) is 7.22 Å². The second-order valence-electron chi connectivity index (χ2n) is 7.89. The molecule has 3 aliphatic rings. The zero-order chi connectivity index (χ0) is 13.8. The third-order valence-corrected chi connectivity index (χ3v) is 15.7. The SMILES string of the molecule is S[Si](C1CCCCC1)(C1CCCCC1)C1CCCCC1. The second-order valence-corrected chi connectivity index (χ2v) is 14.4. The van der Waals surface area contributed by atoms with Gasteiger partial charge in [0.25, 0.3) is 0 Å². The Bertz CT molecular complexity index is 240. The van der Waals surface area contributed by atoms with E-state index in [1.807, 2.05) is 0 Å². The third kappa shape index (κ3) is 3.16. The van der Waals surface area contributed by atoms with Crippen molar-refractivity contribution < 1.29 is 0 Å². The van der Waals surface area contributed by atoms with E-state index in [-0.39, 0.29) is 0 Å². The van der Waals surface area contributed by atoms with E-state index in [1.165, 1.54) is 57.8 Å². The van der Waals surface area contributed by atoms with Crippen molar-refractivity contribution in [1.82, 2.24) is 0 Å². The average molecular weight is 311 g/mol. The van der Waals surface area contributed by atoms with Crippen LogP contribution in [-0.2, 0) is 0 Å². The molecule has 0 N–H and O–H groups in total. The van der Waals surface area contributed by atoms with E-state index in [0.29, 0.717) is 0 Å². The minimum absolute atomic E-state index is 1.07. The number of rotatable bonds is 3. The summed E-state index contributed by atoms with van der Waals surface area (Å²) in [5, 5.41) is 0. The largest absolute Gasteiger partial charge is 0.201 e. The predicted molar refractivity (Wildman–Crippen MR) is 95.2 cm³/mol. The third-order valence-electron chi connectivity index (χ3n) is 6.78. The van der Waals surface area contributed by atoms with Crippen LogP contribution < -0.4 is 0 Å². The van der Waals surface area contributed by atoms with Gasteiger partial charge in [0.05, 0.1) is 0 Å². The van der Waals surface area contributed by atoms with Crippen LogP contribution in [0.5, 0.6) is 0 Å². The molecule has 0 aromatic rings. The molecule has 0 saturated heterocycles. The zero-order valence-electron chi connectivity index (χ0n) is 13.3. The van der Waals surface area contributed by atoms with Crippen molar-refractivity contribution in [2.75, 3.05) is 0 Å². The van der Waals surface area contributed by atoms with Gasteiger partial charge in [0.15, 0.2) is 0 Å². The van der Waals surface area contributed by atoms with E-state index in [1.54, 1.807) is 38.5 Å². The van der Waals surface area contributed by atoms with Crippen molar-refractivity contribution in [3.63, 3.8) is 0 Å². The minimum Gasteiger partial charge on any atom is -0.201 e. The topological polar surface area (TPSA) is 0 Å². The fourth-order valence-corrected chi connectivity index (χ4v) is 14.0. The van der Waals surface area contributed by atoms with Gasteiger partial charge in [-0.2, -0.15) is 0 Å². The van der Waals surface area contributed by atoms with Gasteiger partial charge >= 0.3 is 0 Å². The summed E-state index contributed by atoms with van der Waals surface area (Å²) >= 11 is 5.69. The van der Waals surface area contributed by atoms with E-state index < -0.39 is 7.22 Å². The maximum atomic E-state index is 5.69. The first-order valence-electron chi connectivity index (χ1n) is 9.54. The summed E-state index contributed by atoms with van der Waals surface area (Å²) in [6.07, 6.45) is 22.9. The van der Waals surface area contributed by atoms with E-state index >= 15 is 0 Å². The predicted octanol–water partition coefficient (Wildman–Crippen LogP) is 6.86. The number of thiol groups is 1. The quantitative estimate of drug-likeness (QED) is 0.427. The van der Waals surface area contributed by atoms with Crippen molar-refractivity contribution in [2.24, 2.45) is 0 Å². The van der Waals surface area contributed by atoms with E-state index in [0.717, 1.165) is 16.6 Å². The van der Waals surface area contributed by atoms with Gasteiger partial charge in [-0.25, -0.2) is 12.1 Å². The number of hydrogen-bond acceptors (Lipinski definition) is 1. The summed E-state index contributed by atoms with van der Waals surface area (Å²) in [5.41, 5.74) is 3.22. The molecule has 0 aromatic carbocycles. The van der Waals surface area contributed by atoms with Gasteiger partial charge < -0.3 is 0 Å². The van der Waals surface area contributed by atoms with E-state index in [9.17, 15) is 0 Å². The van der Waals surface area contributed by atoms with Gasteiger partial charge in [-0.3, -0.25) is 0 Å². The molecule has 0 atom stereocenters. The van der Waals surface area contributed by atoms with Crippen molar-refractivity contribution in [1.29, 1.82) is 0 Å². The molecule has 0 radical (unpaired) electrons. The molecule has 0 spiro atoms. The molecule has 0 unspecified atom stereocenters. The first kappa shape index (κ1) is 15.5. The van der Waals surface area contributed by atoms with Gasteiger partial charge in [-0.1, -0.05) is 96.3 Å². The van der Waals surface area contributed by atoms with E-state index in [2.05, 4.69) is 0 Å². The second kappa shape index (κ2) is 7.22. The molecule has 2 heteroatoms. The molecule has 20 heavy (non-hydrogen) atoms. The van der Waals surface area contributed by atoms with Crippen molar-refractivity contribution in [3.05, 3.63) is 0 Å². The Balaban J connectivity index is 1.79. The van der Waals surface area contributed by atoms with Crippen LogP contribution in [0.2, 0.25) is 16.6 Å². The molecule has 3 fully saturated rings. The van der Waals surface area contributed by atoms with Crippen LogP contribution in [0.4, 0.5) is 0 Å². The van der Waals surface area contributed by atoms with Crippen molar-refractivity contribution in [2.45, 2.75) is 113 Å². The fraction of sp³-hybridized carbons (Fsp3) is 1.00. The summed E-state index contributed by atoms with van der Waals surface area (Å²) in [5.74, 6) is 0. The first-order chi connectivity index (χ1) is 9.82. The summed E-state index contributed by atoms with van der Waals surface area (Å²) in [6.45, 7) is 0. The highest BCUT2D eigenvalue weighted by atomic mass is 32.3. The molecule has 3 aliphatic carbocycles. The van der Waals surface area contributed by atoms with Crippen molar-refractivity contribution >= 4 is 19.3 Å². The molecule has 0 bridgehead atoms. The summed E-state index contributed by atoms with van der Waals surface area (Å²) in [7, 11) is -1.35. The Morgan fingerprint density at radius 1 is 0.450 bits per heavy atom. The monoisotopic (exact) mass is 310 g/mol. The molecule has 0 aliphatic heterocycles. The Morgan fingerprint density at radius 3 is 0.950 bits per heavy atom. The normalized spacial score (nSPS) is 28.6. The Labute approximate surface area is 132 Å². The van der Waals surface area contributed by atoms with Gasteiger partial charge in [0.1, 0.15) is 7.22 Å². The lowest BCUT2D eigenvalue weighted by Crippen LogP contribution is -2.46. The molecule has 0 aromatic heterocycles. The maximum absolute atomic E-state index is 5.69. The molecule has 0 nitrogen and oxygen atoms in total. The van der Waals surface area contributed by atoms with Crippen molar-refractivity contribution in [3.8, 4) is 0 Å². The summed E-state index contributed by atoms with van der Waals surface area (Å²) in [6, 6.07) is 0. The minimum atomic E-state index is -1.35. The molecule has 3 saturated carbocycles. The highest BCUT2D eigenvalue weighted by Gasteiger charge is 2.50. The Hall–Kier alpha value is 0.567. The molecule has 116 valence electrons. The number of hydrogen-bond donors (Lipinski definition) is 1. The lowest BCUT2D eigenvalue weighted by atomic mass is 9.98. The van der Waals surface area contributed by atoms with Crippen LogP contribution in [0.3, 0.4) is 0 Å². The first-order valence-corrected chi connectivity index (χ1v) is 13.1. The van der Waals surface area contributed by atoms with Crippen LogP contribution in [0.25, 0.3) is 0 Å². The molecule has 3 rings (SSSR count). The van der Waals surface area contributed by atoms with Crippen LogP contribution in [0.15, 0.2) is 0 Å². The maximum Gasteiger partial charge on any atom is 0.122 e. The Kier molecular flexibility index (Phi) is 5.58. The average Bonchev–Trinajstić information content (AvgIpc) is 2.56. The molecule has 0 amide bonds. The lowest BCUT2D eigenvalue weighted by molar-refractivity contribution is 0.426. The van der Waals surface area contributed by atoms with Crippen LogP contribution >= 0.6 is 12.1 Å². The molecular weight excluding hydrogens is 276 g/mol. The smallest absolute Gasteiger partial charge is 0.122 e. The zero-order valence-corrected chi connectivity index (χ0v) is 15.2. The lowest BCUT2D eigenvalue weighted by Gasteiger charge is -2.50. The van der Waals surface area contributed by atoms with Crippen LogP contribution in [0, 0.1) is 0 Å². The fourth-order valence-electron chi connectivity index (χ4n) is 5.70. The standard InChI is InChI=1S/C18H34SSi/c19-20(16-10-4-1-5-11-16,17-12-6-2-7-13-17)18-14-8-3-9-15-18/h16-19H,1-15H2.